The van der Waals surface area contributed by atoms with Crippen molar-refractivity contribution in [2.24, 2.45) is 0 Å². The van der Waals surface area contributed by atoms with Gasteiger partial charge in [0.05, 0.1) is 5.56 Å². The Morgan fingerprint density at radius 1 is 1.06 bits per heavy atom. The predicted octanol–water partition coefficient (Wildman–Crippen LogP) is 3.05. The molecule has 5 heteroatoms. The normalized spacial score (nSPS) is 10.6. The molecule has 17 heavy (non-hydrogen) atoms. The second-order valence-electron chi connectivity index (χ2n) is 3.56. The maximum Gasteiger partial charge on any atom is 0.259 e. The molecule has 4 nitrogen and oxygen atoms in total. The van der Waals surface area contributed by atoms with Gasteiger partial charge < -0.3 is 10.3 Å². The SMILES string of the molecule is Nc1ccc(-c2noc(-c3ccsc3)n2)cc1. The number of hydrogen-bond acceptors (Lipinski definition) is 5. The number of thiophene rings is 1. The molecule has 0 atom stereocenters. The highest BCUT2D eigenvalue weighted by molar-refractivity contribution is 7.08. The van der Waals surface area contributed by atoms with Crippen molar-refractivity contribution < 1.29 is 4.52 Å². The van der Waals surface area contributed by atoms with E-state index in [0.717, 1.165) is 16.8 Å². The third-order valence-corrected chi connectivity index (χ3v) is 3.05. The number of hydrogen-bond donors (Lipinski definition) is 1. The molecule has 0 aliphatic rings. The highest BCUT2D eigenvalue weighted by Gasteiger charge is 2.10. The molecule has 1 aromatic carbocycles. The number of aromatic nitrogens is 2. The zero-order valence-electron chi connectivity index (χ0n) is 8.83. The zero-order chi connectivity index (χ0) is 11.7. The molecule has 84 valence electrons. The van der Waals surface area contributed by atoms with Gasteiger partial charge in [-0.1, -0.05) is 5.16 Å². The molecule has 0 aliphatic heterocycles. The maximum atomic E-state index is 5.62. The zero-order valence-corrected chi connectivity index (χ0v) is 9.65. The summed E-state index contributed by atoms with van der Waals surface area (Å²) in [4.78, 5) is 4.34. The van der Waals surface area contributed by atoms with Crippen LogP contribution in [0.2, 0.25) is 0 Å². The number of anilines is 1. The highest BCUT2D eigenvalue weighted by atomic mass is 32.1. The molecule has 0 unspecified atom stereocenters. The fraction of sp³-hybridized carbons (Fsp3) is 0. The monoisotopic (exact) mass is 243 g/mol. The molecule has 2 heterocycles. The quantitative estimate of drug-likeness (QED) is 0.702. The Morgan fingerprint density at radius 2 is 1.88 bits per heavy atom. The first-order valence-corrected chi connectivity index (χ1v) is 5.99. The summed E-state index contributed by atoms with van der Waals surface area (Å²) in [5.41, 5.74) is 8.18. The van der Waals surface area contributed by atoms with Gasteiger partial charge in [0.15, 0.2) is 0 Å². The first-order chi connectivity index (χ1) is 8.33. The summed E-state index contributed by atoms with van der Waals surface area (Å²) in [5, 5.41) is 7.90. The molecule has 0 saturated carbocycles. The Balaban J connectivity index is 1.98. The van der Waals surface area contributed by atoms with E-state index in [1.807, 2.05) is 41.1 Å². The predicted molar refractivity (Wildman–Crippen MR) is 67.5 cm³/mol. The van der Waals surface area contributed by atoms with Crippen LogP contribution in [0.3, 0.4) is 0 Å². The van der Waals surface area contributed by atoms with E-state index in [9.17, 15) is 0 Å². The molecule has 0 aliphatic carbocycles. The summed E-state index contributed by atoms with van der Waals surface area (Å²) in [5.74, 6) is 1.12. The van der Waals surface area contributed by atoms with Crippen LogP contribution in [0.1, 0.15) is 0 Å². The molecule has 0 saturated heterocycles. The van der Waals surface area contributed by atoms with Crippen molar-refractivity contribution in [2.45, 2.75) is 0 Å². The van der Waals surface area contributed by atoms with Gasteiger partial charge in [-0.2, -0.15) is 16.3 Å². The van der Waals surface area contributed by atoms with Crippen molar-refractivity contribution in [3.05, 3.63) is 41.1 Å². The standard InChI is InChI=1S/C12H9N3OS/c13-10-3-1-8(2-4-10)11-14-12(16-15-11)9-5-6-17-7-9/h1-7H,13H2. The average molecular weight is 243 g/mol. The molecule has 3 rings (SSSR count). The van der Waals surface area contributed by atoms with Gasteiger partial charge in [-0.15, -0.1) is 0 Å². The van der Waals surface area contributed by atoms with Crippen LogP contribution in [0.4, 0.5) is 5.69 Å². The van der Waals surface area contributed by atoms with Crippen LogP contribution in [0.5, 0.6) is 0 Å². The molecular weight excluding hydrogens is 234 g/mol. The summed E-state index contributed by atoms with van der Waals surface area (Å²) >= 11 is 1.60. The largest absolute Gasteiger partial charge is 0.399 e. The van der Waals surface area contributed by atoms with Crippen molar-refractivity contribution in [1.29, 1.82) is 0 Å². The van der Waals surface area contributed by atoms with Gasteiger partial charge in [-0.25, -0.2) is 0 Å². The number of benzene rings is 1. The van der Waals surface area contributed by atoms with Crippen molar-refractivity contribution in [2.75, 3.05) is 5.73 Å². The van der Waals surface area contributed by atoms with Crippen LogP contribution in [0, 0.1) is 0 Å². The van der Waals surface area contributed by atoms with Gasteiger partial charge in [0.2, 0.25) is 5.82 Å². The fourth-order valence-electron chi connectivity index (χ4n) is 1.48. The van der Waals surface area contributed by atoms with Crippen molar-refractivity contribution in [3.63, 3.8) is 0 Å². The first kappa shape index (κ1) is 10.0. The van der Waals surface area contributed by atoms with Crippen molar-refractivity contribution in [3.8, 4) is 22.8 Å². The third kappa shape index (κ3) is 1.92. The lowest BCUT2D eigenvalue weighted by molar-refractivity contribution is 0.432. The van der Waals surface area contributed by atoms with Gasteiger partial charge in [0.25, 0.3) is 5.89 Å². The van der Waals surface area contributed by atoms with Gasteiger partial charge >= 0.3 is 0 Å². The van der Waals surface area contributed by atoms with Crippen LogP contribution in [0.25, 0.3) is 22.8 Å². The third-order valence-electron chi connectivity index (χ3n) is 2.36. The number of nitrogen functional groups attached to an aromatic ring is 1. The van der Waals surface area contributed by atoms with E-state index >= 15 is 0 Å². The summed E-state index contributed by atoms with van der Waals surface area (Å²) in [6.07, 6.45) is 0. The lowest BCUT2D eigenvalue weighted by Crippen LogP contribution is -1.85. The van der Waals surface area contributed by atoms with E-state index in [2.05, 4.69) is 10.1 Å². The highest BCUT2D eigenvalue weighted by Crippen LogP contribution is 2.24. The summed E-state index contributed by atoms with van der Waals surface area (Å²) in [6.45, 7) is 0. The van der Waals surface area contributed by atoms with E-state index < -0.39 is 0 Å². The Kier molecular flexibility index (Phi) is 2.38. The maximum absolute atomic E-state index is 5.62. The van der Waals surface area contributed by atoms with E-state index in [1.165, 1.54) is 0 Å². The minimum atomic E-state index is 0.540. The van der Waals surface area contributed by atoms with Crippen molar-refractivity contribution >= 4 is 17.0 Å². The lowest BCUT2D eigenvalue weighted by Gasteiger charge is -1.94. The van der Waals surface area contributed by atoms with Gasteiger partial charge in [0.1, 0.15) is 0 Å². The van der Waals surface area contributed by atoms with E-state index in [1.54, 1.807) is 11.3 Å². The Bertz CT molecular complexity index is 614. The van der Waals surface area contributed by atoms with Crippen LogP contribution >= 0.6 is 11.3 Å². The van der Waals surface area contributed by atoms with Crippen LogP contribution in [-0.2, 0) is 0 Å². The van der Waals surface area contributed by atoms with Crippen molar-refractivity contribution in [1.82, 2.24) is 10.1 Å². The number of rotatable bonds is 2. The molecular formula is C12H9N3OS. The smallest absolute Gasteiger partial charge is 0.259 e. The Morgan fingerprint density at radius 3 is 2.59 bits per heavy atom. The minimum Gasteiger partial charge on any atom is -0.399 e. The molecule has 0 bridgehead atoms. The number of nitrogens with two attached hydrogens (primary N) is 1. The second kappa shape index (κ2) is 4.03. The Labute approximate surface area is 102 Å². The van der Waals surface area contributed by atoms with Crippen LogP contribution < -0.4 is 5.73 Å². The Hall–Kier alpha value is -2.14. The fourth-order valence-corrected chi connectivity index (χ4v) is 2.11. The van der Waals surface area contributed by atoms with E-state index in [4.69, 9.17) is 10.3 Å². The summed E-state index contributed by atoms with van der Waals surface area (Å²) in [6, 6.07) is 9.33. The van der Waals surface area contributed by atoms with Crippen LogP contribution in [0.15, 0.2) is 45.6 Å². The van der Waals surface area contributed by atoms with Gasteiger partial charge in [0, 0.05) is 16.6 Å². The second-order valence-corrected chi connectivity index (χ2v) is 4.34. The summed E-state index contributed by atoms with van der Waals surface area (Å²) in [7, 11) is 0. The lowest BCUT2D eigenvalue weighted by atomic mass is 10.2. The minimum absolute atomic E-state index is 0.540. The molecule has 2 aromatic heterocycles. The first-order valence-electron chi connectivity index (χ1n) is 5.05. The molecule has 2 N–H and O–H groups in total. The number of nitrogens with zero attached hydrogens (tertiary/aromatic N) is 2. The van der Waals surface area contributed by atoms with Crippen LogP contribution in [-0.4, -0.2) is 10.1 Å². The van der Waals surface area contributed by atoms with Gasteiger partial charge in [-0.05, 0) is 35.7 Å². The topological polar surface area (TPSA) is 64.9 Å². The summed E-state index contributed by atoms with van der Waals surface area (Å²) < 4.78 is 5.21. The molecule has 0 amide bonds. The van der Waals surface area contributed by atoms with Gasteiger partial charge in [-0.3, -0.25) is 0 Å². The van der Waals surface area contributed by atoms with E-state index in [0.29, 0.717) is 11.7 Å². The van der Waals surface area contributed by atoms with E-state index in [-0.39, 0.29) is 0 Å². The average Bonchev–Trinajstić information content (AvgIpc) is 3.00. The molecule has 0 fully saturated rings. The molecule has 0 spiro atoms. The molecule has 0 radical (unpaired) electrons. The molecule has 3 aromatic rings.